The van der Waals surface area contributed by atoms with Crippen molar-refractivity contribution in [3.63, 3.8) is 0 Å². The molecule has 2 aliphatic rings. The number of hydrogen-bond acceptors (Lipinski definition) is 9. The Morgan fingerprint density at radius 3 is 2.68 bits per heavy atom. The molecule has 4 rings (SSSR count). The highest BCUT2D eigenvalue weighted by Crippen LogP contribution is 2.23. The second-order valence-corrected chi connectivity index (χ2v) is 6.68. The summed E-state index contributed by atoms with van der Waals surface area (Å²) < 4.78 is 5.41. The van der Waals surface area contributed by atoms with Gasteiger partial charge in [0.2, 0.25) is 11.7 Å². The second kappa shape index (κ2) is 7.83. The molecule has 9 nitrogen and oxygen atoms in total. The van der Waals surface area contributed by atoms with Crippen molar-refractivity contribution in [3.05, 3.63) is 59.9 Å². The number of pyridine rings is 1. The Morgan fingerprint density at radius 1 is 1.18 bits per heavy atom. The first-order valence-corrected chi connectivity index (χ1v) is 9.19. The summed E-state index contributed by atoms with van der Waals surface area (Å²) in [5.41, 5.74) is 15.4. The Balaban J connectivity index is 1.50. The number of nitrogens with one attached hydrogen (secondary N) is 2. The summed E-state index contributed by atoms with van der Waals surface area (Å²) >= 11 is 0. The zero-order chi connectivity index (χ0) is 19.4. The minimum atomic E-state index is -1.19. The van der Waals surface area contributed by atoms with E-state index in [-0.39, 0.29) is 5.96 Å². The lowest BCUT2D eigenvalue weighted by Crippen LogP contribution is -2.57. The van der Waals surface area contributed by atoms with Gasteiger partial charge in [-0.15, -0.1) is 0 Å². The van der Waals surface area contributed by atoms with Crippen LogP contribution in [0.25, 0.3) is 0 Å². The molecule has 1 aromatic heterocycles. The van der Waals surface area contributed by atoms with Crippen molar-refractivity contribution in [3.8, 4) is 0 Å². The molecule has 1 fully saturated rings. The predicted octanol–water partition coefficient (Wildman–Crippen LogP) is 0.0509. The lowest BCUT2D eigenvalue weighted by atomic mass is 10.1. The molecule has 6 N–H and O–H groups in total. The van der Waals surface area contributed by atoms with Gasteiger partial charge in [0.05, 0.1) is 13.2 Å². The van der Waals surface area contributed by atoms with E-state index in [1.165, 1.54) is 0 Å². The van der Waals surface area contributed by atoms with Crippen molar-refractivity contribution in [2.24, 2.45) is 21.5 Å². The molecule has 9 heteroatoms. The number of benzene rings is 1. The largest absolute Gasteiger partial charge is 0.378 e. The van der Waals surface area contributed by atoms with E-state index >= 15 is 0 Å². The Labute approximate surface area is 163 Å². The highest BCUT2D eigenvalue weighted by atomic mass is 16.5. The molecule has 0 aliphatic carbocycles. The summed E-state index contributed by atoms with van der Waals surface area (Å²) in [5.74, 6) is -0.601. The average Bonchev–Trinajstić information content (AvgIpc) is 2.73. The molecule has 146 valence electrons. The number of hydrogen-bond donors (Lipinski definition) is 4. The van der Waals surface area contributed by atoms with Gasteiger partial charge < -0.3 is 26.0 Å². The highest BCUT2D eigenvalue weighted by molar-refractivity contribution is 5.96. The van der Waals surface area contributed by atoms with Crippen LogP contribution in [-0.4, -0.2) is 43.2 Å². The van der Waals surface area contributed by atoms with Gasteiger partial charge in [-0.05, 0) is 23.8 Å². The van der Waals surface area contributed by atoms with Gasteiger partial charge >= 0.3 is 0 Å². The van der Waals surface area contributed by atoms with Crippen LogP contribution < -0.4 is 27.0 Å². The van der Waals surface area contributed by atoms with Crippen molar-refractivity contribution in [1.29, 1.82) is 0 Å². The monoisotopic (exact) mass is 380 g/mol. The van der Waals surface area contributed by atoms with Gasteiger partial charge in [0.15, 0.2) is 5.96 Å². The van der Waals surface area contributed by atoms with E-state index in [0.29, 0.717) is 12.5 Å². The second-order valence-electron chi connectivity index (χ2n) is 6.68. The summed E-state index contributed by atoms with van der Waals surface area (Å²) in [6.45, 7) is 3.77. The first-order valence-electron chi connectivity index (χ1n) is 9.19. The van der Waals surface area contributed by atoms with Crippen LogP contribution in [0.5, 0.6) is 0 Å². The van der Waals surface area contributed by atoms with Crippen molar-refractivity contribution in [2.75, 3.05) is 31.2 Å². The molecule has 0 spiro atoms. The molecule has 2 aromatic rings. The van der Waals surface area contributed by atoms with Crippen LogP contribution >= 0.6 is 0 Å². The summed E-state index contributed by atoms with van der Waals surface area (Å²) in [4.78, 5) is 15.1. The van der Waals surface area contributed by atoms with Crippen molar-refractivity contribution >= 4 is 17.6 Å². The van der Waals surface area contributed by atoms with Gasteiger partial charge in [0, 0.05) is 43.3 Å². The number of nitrogens with two attached hydrogens (primary N) is 2. The van der Waals surface area contributed by atoms with Crippen LogP contribution in [-0.2, 0) is 17.1 Å². The molecule has 0 bridgehead atoms. The van der Waals surface area contributed by atoms with Gasteiger partial charge in [-0.1, -0.05) is 18.2 Å². The lowest BCUT2D eigenvalue weighted by Gasteiger charge is -2.32. The number of nitrogens with zero attached hydrogens (tertiary/aromatic N) is 4. The van der Waals surface area contributed by atoms with Gasteiger partial charge in [-0.25, -0.2) is 4.99 Å². The zero-order valence-corrected chi connectivity index (χ0v) is 15.5. The molecule has 3 heterocycles. The maximum atomic E-state index is 6.51. The molecule has 28 heavy (non-hydrogen) atoms. The lowest BCUT2D eigenvalue weighted by molar-refractivity contribution is 0.122. The van der Waals surface area contributed by atoms with Crippen LogP contribution in [0.1, 0.15) is 11.1 Å². The van der Waals surface area contributed by atoms with E-state index in [2.05, 4.69) is 30.5 Å². The van der Waals surface area contributed by atoms with Crippen molar-refractivity contribution in [1.82, 2.24) is 15.6 Å². The molecule has 1 aromatic carbocycles. The minimum absolute atomic E-state index is 0.212. The standard InChI is InChI=1S/C19H24N8O/c20-17-24-18(23-13-14-2-1-7-22-12-14)26-19(21,25-17)15-3-5-16(6-4-15)27-8-10-28-11-9-27/h1-7,12H,8-11,13,21H2,(H4,20,23,24,25,26). The van der Waals surface area contributed by atoms with E-state index in [1.54, 1.807) is 12.4 Å². The first-order chi connectivity index (χ1) is 13.6. The quantitative estimate of drug-likeness (QED) is 0.590. The van der Waals surface area contributed by atoms with Crippen LogP contribution in [0, 0.1) is 0 Å². The maximum absolute atomic E-state index is 6.51. The number of morpholine rings is 1. The normalized spacial score (nSPS) is 22.1. The molecular formula is C19H24N8O. The summed E-state index contributed by atoms with van der Waals surface area (Å²) in [6.07, 6.45) is 3.51. The molecule has 1 unspecified atom stereocenters. The Kier molecular flexibility index (Phi) is 5.09. The third-order valence-electron chi connectivity index (χ3n) is 4.68. The predicted molar refractivity (Wildman–Crippen MR) is 109 cm³/mol. The third kappa shape index (κ3) is 4.05. The number of anilines is 1. The molecule has 2 aliphatic heterocycles. The Morgan fingerprint density at radius 2 is 1.96 bits per heavy atom. The maximum Gasteiger partial charge on any atom is 0.225 e. The van der Waals surface area contributed by atoms with E-state index in [4.69, 9.17) is 16.2 Å². The molecular weight excluding hydrogens is 356 g/mol. The van der Waals surface area contributed by atoms with Crippen LogP contribution in [0.3, 0.4) is 0 Å². The van der Waals surface area contributed by atoms with Crippen molar-refractivity contribution in [2.45, 2.75) is 12.3 Å². The zero-order valence-electron chi connectivity index (χ0n) is 15.5. The van der Waals surface area contributed by atoms with E-state index in [0.717, 1.165) is 43.1 Å². The Hall–Kier alpha value is -3.17. The fraction of sp³-hybridized carbons (Fsp3) is 0.316. The Bertz CT molecular complexity index is 861. The molecule has 1 saturated heterocycles. The average molecular weight is 380 g/mol. The molecule has 0 radical (unpaired) electrons. The molecule has 1 atom stereocenters. The van der Waals surface area contributed by atoms with E-state index < -0.39 is 5.79 Å². The van der Waals surface area contributed by atoms with Crippen LogP contribution in [0.2, 0.25) is 0 Å². The SMILES string of the molecule is NC1=NC(NCc2cccnc2)=NC(N)(c2ccc(N3CCOCC3)cc2)N1. The topological polar surface area (TPSA) is 126 Å². The number of aliphatic imine (C=N–C) groups is 2. The third-order valence-corrected chi connectivity index (χ3v) is 4.68. The summed E-state index contributed by atoms with van der Waals surface area (Å²) in [5, 5.41) is 6.12. The number of aromatic nitrogens is 1. The fourth-order valence-corrected chi connectivity index (χ4v) is 3.20. The van der Waals surface area contributed by atoms with Crippen LogP contribution in [0.4, 0.5) is 5.69 Å². The van der Waals surface area contributed by atoms with Crippen LogP contribution in [0.15, 0.2) is 58.8 Å². The summed E-state index contributed by atoms with van der Waals surface area (Å²) in [7, 11) is 0. The van der Waals surface area contributed by atoms with E-state index in [9.17, 15) is 0 Å². The van der Waals surface area contributed by atoms with Gasteiger partial charge in [-0.2, -0.15) is 4.99 Å². The number of guanidine groups is 2. The first kappa shape index (κ1) is 18.2. The van der Waals surface area contributed by atoms with Crippen molar-refractivity contribution < 1.29 is 4.74 Å². The number of ether oxygens (including phenoxy) is 1. The van der Waals surface area contributed by atoms with Gasteiger partial charge in [0.25, 0.3) is 0 Å². The highest BCUT2D eigenvalue weighted by Gasteiger charge is 2.31. The molecule has 0 amide bonds. The molecule has 0 saturated carbocycles. The minimum Gasteiger partial charge on any atom is -0.378 e. The smallest absolute Gasteiger partial charge is 0.225 e. The number of rotatable bonds is 4. The summed E-state index contributed by atoms with van der Waals surface area (Å²) in [6, 6.07) is 11.8. The van der Waals surface area contributed by atoms with Gasteiger partial charge in [-0.3, -0.25) is 10.7 Å². The fourth-order valence-electron chi connectivity index (χ4n) is 3.20. The van der Waals surface area contributed by atoms with Gasteiger partial charge in [0.1, 0.15) is 0 Å². The van der Waals surface area contributed by atoms with E-state index in [1.807, 2.05) is 36.4 Å².